The van der Waals surface area contributed by atoms with Crippen molar-refractivity contribution in [2.75, 3.05) is 21.3 Å². The van der Waals surface area contributed by atoms with Gasteiger partial charge in [0.15, 0.2) is 11.5 Å². The molecule has 0 saturated carbocycles. The standard InChI is InChI=1S/C15H23ClO3/c1-7-15(2,3)14(16)10-8-9-11(17-4)13(19-6)12(10)18-5/h8-9,14H,7H2,1-6H3. The van der Waals surface area contributed by atoms with Gasteiger partial charge in [-0.25, -0.2) is 0 Å². The predicted octanol–water partition coefficient (Wildman–Crippen LogP) is 4.43. The van der Waals surface area contributed by atoms with Crippen molar-refractivity contribution in [1.29, 1.82) is 0 Å². The normalized spacial score (nSPS) is 13.0. The molecule has 4 heteroatoms. The van der Waals surface area contributed by atoms with Crippen LogP contribution in [0.4, 0.5) is 0 Å². The van der Waals surface area contributed by atoms with Crippen LogP contribution in [-0.2, 0) is 0 Å². The molecule has 1 aromatic rings. The summed E-state index contributed by atoms with van der Waals surface area (Å²) in [7, 11) is 4.81. The second-order valence-electron chi connectivity index (χ2n) is 5.13. The van der Waals surface area contributed by atoms with Crippen molar-refractivity contribution < 1.29 is 14.2 Å². The van der Waals surface area contributed by atoms with E-state index < -0.39 is 0 Å². The molecule has 0 fully saturated rings. The molecule has 0 aliphatic heterocycles. The number of benzene rings is 1. The fourth-order valence-corrected chi connectivity index (χ4v) is 2.25. The third-order valence-corrected chi connectivity index (χ3v) is 4.43. The zero-order valence-electron chi connectivity index (χ0n) is 12.5. The zero-order valence-corrected chi connectivity index (χ0v) is 13.3. The fourth-order valence-electron chi connectivity index (χ4n) is 1.92. The van der Waals surface area contributed by atoms with E-state index in [1.807, 2.05) is 12.1 Å². The first-order valence-electron chi connectivity index (χ1n) is 6.35. The first-order chi connectivity index (χ1) is 8.92. The number of halogens is 1. The molecule has 1 rings (SSSR count). The Morgan fingerprint density at radius 2 is 1.63 bits per heavy atom. The maximum Gasteiger partial charge on any atom is 0.203 e. The highest BCUT2D eigenvalue weighted by atomic mass is 35.5. The molecule has 3 nitrogen and oxygen atoms in total. The molecular weight excluding hydrogens is 264 g/mol. The third kappa shape index (κ3) is 3.08. The van der Waals surface area contributed by atoms with E-state index in [0.29, 0.717) is 17.2 Å². The highest BCUT2D eigenvalue weighted by Crippen LogP contribution is 2.49. The van der Waals surface area contributed by atoms with Crippen LogP contribution in [0.15, 0.2) is 12.1 Å². The smallest absolute Gasteiger partial charge is 0.203 e. The summed E-state index contributed by atoms with van der Waals surface area (Å²) in [6, 6.07) is 3.80. The van der Waals surface area contributed by atoms with Gasteiger partial charge in [0.05, 0.1) is 26.7 Å². The summed E-state index contributed by atoms with van der Waals surface area (Å²) < 4.78 is 16.1. The van der Waals surface area contributed by atoms with E-state index in [-0.39, 0.29) is 10.8 Å². The summed E-state index contributed by atoms with van der Waals surface area (Å²) in [5.74, 6) is 1.87. The number of methoxy groups -OCH3 is 3. The molecule has 108 valence electrons. The van der Waals surface area contributed by atoms with Crippen LogP contribution >= 0.6 is 11.6 Å². The van der Waals surface area contributed by atoms with Gasteiger partial charge in [0.1, 0.15) is 0 Å². The van der Waals surface area contributed by atoms with Gasteiger partial charge in [0.2, 0.25) is 5.75 Å². The lowest BCUT2D eigenvalue weighted by Gasteiger charge is -2.30. The molecule has 0 spiro atoms. The molecule has 0 saturated heterocycles. The van der Waals surface area contributed by atoms with E-state index in [9.17, 15) is 0 Å². The average molecular weight is 287 g/mol. The molecule has 0 aromatic heterocycles. The minimum Gasteiger partial charge on any atom is -0.493 e. The molecule has 0 amide bonds. The van der Waals surface area contributed by atoms with Gasteiger partial charge in [-0.2, -0.15) is 0 Å². The van der Waals surface area contributed by atoms with Gasteiger partial charge in [0.25, 0.3) is 0 Å². The molecule has 1 atom stereocenters. The molecule has 0 radical (unpaired) electrons. The van der Waals surface area contributed by atoms with Gasteiger partial charge in [-0.15, -0.1) is 11.6 Å². The number of alkyl halides is 1. The summed E-state index contributed by atoms with van der Waals surface area (Å²) in [6.45, 7) is 6.41. The topological polar surface area (TPSA) is 27.7 Å². The first kappa shape index (κ1) is 16.0. The molecule has 0 N–H and O–H groups in total. The maximum absolute atomic E-state index is 6.63. The van der Waals surface area contributed by atoms with Gasteiger partial charge in [-0.3, -0.25) is 0 Å². The Hall–Kier alpha value is -1.09. The zero-order chi connectivity index (χ0) is 14.6. The van der Waals surface area contributed by atoms with E-state index in [2.05, 4.69) is 20.8 Å². The van der Waals surface area contributed by atoms with Crippen LogP contribution in [0, 0.1) is 5.41 Å². The van der Waals surface area contributed by atoms with Crippen molar-refractivity contribution in [3.63, 3.8) is 0 Å². The van der Waals surface area contributed by atoms with Crippen LogP contribution in [0.3, 0.4) is 0 Å². The maximum atomic E-state index is 6.63. The highest BCUT2D eigenvalue weighted by Gasteiger charge is 2.31. The van der Waals surface area contributed by atoms with E-state index in [1.54, 1.807) is 21.3 Å². The molecular formula is C15H23ClO3. The minimum absolute atomic E-state index is 0.0333. The third-order valence-electron chi connectivity index (χ3n) is 3.61. The van der Waals surface area contributed by atoms with E-state index in [0.717, 1.165) is 12.0 Å². The molecule has 0 aliphatic carbocycles. The lowest BCUT2D eigenvalue weighted by atomic mass is 9.82. The molecule has 19 heavy (non-hydrogen) atoms. The Kier molecular flexibility index (Phi) is 5.36. The summed E-state index contributed by atoms with van der Waals surface area (Å²) in [5, 5.41) is -0.160. The number of rotatable bonds is 6. The second kappa shape index (κ2) is 6.38. The van der Waals surface area contributed by atoms with Crippen LogP contribution in [0.2, 0.25) is 0 Å². The van der Waals surface area contributed by atoms with Crippen molar-refractivity contribution in [2.45, 2.75) is 32.6 Å². The Morgan fingerprint density at radius 3 is 2.05 bits per heavy atom. The second-order valence-corrected chi connectivity index (χ2v) is 5.56. The van der Waals surface area contributed by atoms with Crippen LogP contribution in [0.1, 0.15) is 38.1 Å². The van der Waals surface area contributed by atoms with Gasteiger partial charge < -0.3 is 14.2 Å². The molecule has 1 aromatic carbocycles. The Balaban J connectivity index is 3.36. The van der Waals surface area contributed by atoms with Crippen LogP contribution in [0.5, 0.6) is 17.2 Å². The average Bonchev–Trinajstić information content (AvgIpc) is 2.44. The van der Waals surface area contributed by atoms with Crippen molar-refractivity contribution in [2.24, 2.45) is 5.41 Å². The van der Waals surface area contributed by atoms with Crippen LogP contribution in [-0.4, -0.2) is 21.3 Å². The van der Waals surface area contributed by atoms with E-state index >= 15 is 0 Å². The number of ether oxygens (including phenoxy) is 3. The summed E-state index contributed by atoms with van der Waals surface area (Å²) in [4.78, 5) is 0. The monoisotopic (exact) mass is 286 g/mol. The van der Waals surface area contributed by atoms with E-state index in [4.69, 9.17) is 25.8 Å². The van der Waals surface area contributed by atoms with Gasteiger partial charge >= 0.3 is 0 Å². The fraction of sp³-hybridized carbons (Fsp3) is 0.600. The summed E-state index contributed by atoms with van der Waals surface area (Å²) in [5.41, 5.74) is 0.891. The van der Waals surface area contributed by atoms with Crippen molar-refractivity contribution in [3.05, 3.63) is 17.7 Å². The largest absolute Gasteiger partial charge is 0.493 e. The SMILES string of the molecule is CCC(C)(C)C(Cl)c1ccc(OC)c(OC)c1OC. The molecule has 0 heterocycles. The summed E-state index contributed by atoms with van der Waals surface area (Å²) >= 11 is 6.63. The summed E-state index contributed by atoms with van der Waals surface area (Å²) in [6.07, 6.45) is 0.971. The van der Waals surface area contributed by atoms with Gasteiger partial charge in [-0.1, -0.05) is 20.8 Å². The van der Waals surface area contributed by atoms with Gasteiger partial charge in [-0.05, 0) is 24.0 Å². The first-order valence-corrected chi connectivity index (χ1v) is 6.79. The minimum atomic E-state index is -0.160. The van der Waals surface area contributed by atoms with Crippen molar-refractivity contribution in [1.82, 2.24) is 0 Å². The predicted molar refractivity (Wildman–Crippen MR) is 78.8 cm³/mol. The van der Waals surface area contributed by atoms with Crippen molar-refractivity contribution in [3.8, 4) is 17.2 Å². The molecule has 1 unspecified atom stereocenters. The highest BCUT2D eigenvalue weighted by molar-refractivity contribution is 6.21. The number of hydrogen-bond donors (Lipinski definition) is 0. The number of hydrogen-bond acceptors (Lipinski definition) is 3. The van der Waals surface area contributed by atoms with Crippen LogP contribution < -0.4 is 14.2 Å². The van der Waals surface area contributed by atoms with Crippen molar-refractivity contribution >= 4 is 11.6 Å². The molecule has 0 aliphatic rings. The Bertz CT molecular complexity index is 430. The quantitative estimate of drug-likeness (QED) is 0.724. The lowest BCUT2D eigenvalue weighted by molar-refractivity contribution is 0.305. The van der Waals surface area contributed by atoms with Crippen LogP contribution in [0.25, 0.3) is 0 Å². The Morgan fingerprint density at radius 1 is 1.05 bits per heavy atom. The van der Waals surface area contributed by atoms with Gasteiger partial charge in [0, 0.05) is 5.56 Å². The lowest BCUT2D eigenvalue weighted by Crippen LogP contribution is -2.17. The van der Waals surface area contributed by atoms with E-state index in [1.165, 1.54) is 0 Å². The Labute approximate surface area is 120 Å². The molecule has 0 bridgehead atoms.